The van der Waals surface area contributed by atoms with Gasteiger partial charge in [0.15, 0.2) is 0 Å². The Morgan fingerprint density at radius 1 is 1.32 bits per heavy atom. The minimum Gasteiger partial charge on any atom is -0.449 e. The molecule has 0 atom stereocenters. The van der Waals surface area contributed by atoms with Gasteiger partial charge in [-0.05, 0) is 48.9 Å². The Morgan fingerprint density at radius 3 is 2.58 bits per heavy atom. The van der Waals surface area contributed by atoms with E-state index in [4.69, 9.17) is 14.6 Å². The first kappa shape index (κ1) is 15.5. The molecule has 1 aromatic carbocycles. The normalized spacial score (nSPS) is 10.8. The highest BCUT2D eigenvalue weighted by atomic mass is 16.7. The first-order valence-corrected chi connectivity index (χ1v) is 6.49. The molecule has 0 heterocycles. The SMILES string of the molecule is Cc1ccc(OC(=O)O)c(C)c1CCOCC(C)C. The number of carboxylic acid groups (broad SMARTS) is 1. The summed E-state index contributed by atoms with van der Waals surface area (Å²) in [6, 6.07) is 3.57. The molecule has 0 aliphatic heterocycles. The van der Waals surface area contributed by atoms with Gasteiger partial charge in [-0.25, -0.2) is 4.79 Å². The van der Waals surface area contributed by atoms with E-state index in [1.807, 2.05) is 19.9 Å². The Balaban J connectivity index is 2.73. The lowest BCUT2D eigenvalue weighted by atomic mass is 9.99. The van der Waals surface area contributed by atoms with Crippen LogP contribution in [0.3, 0.4) is 0 Å². The molecule has 0 unspecified atom stereocenters. The van der Waals surface area contributed by atoms with E-state index in [2.05, 4.69) is 13.8 Å². The summed E-state index contributed by atoms with van der Waals surface area (Å²) >= 11 is 0. The fourth-order valence-electron chi connectivity index (χ4n) is 1.95. The molecule has 0 aliphatic carbocycles. The van der Waals surface area contributed by atoms with E-state index in [1.54, 1.807) is 6.07 Å². The van der Waals surface area contributed by atoms with Crippen LogP contribution in [0.15, 0.2) is 12.1 Å². The fraction of sp³-hybridized carbons (Fsp3) is 0.533. The van der Waals surface area contributed by atoms with E-state index in [0.717, 1.165) is 29.7 Å². The van der Waals surface area contributed by atoms with E-state index in [9.17, 15) is 4.79 Å². The van der Waals surface area contributed by atoms with Crippen LogP contribution in [-0.2, 0) is 11.2 Å². The lowest BCUT2D eigenvalue weighted by molar-refractivity contribution is 0.112. The van der Waals surface area contributed by atoms with Crippen molar-refractivity contribution in [1.82, 2.24) is 0 Å². The molecule has 0 aliphatic rings. The van der Waals surface area contributed by atoms with Gasteiger partial charge in [0.1, 0.15) is 5.75 Å². The highest BCUT2D eigenvalue weighted by Crippen LogP contribution is 2.25. The molecule has 0 aromatic heterocycles. The van der Waals surface area contributed by atoms with Gasteiger partial charge in [-0.3, -0.25) is 0 Å². The Bertz CT molecular complexity index is 438. The van der Waals surface area contributed by atoms with E-state index in [-0.39, 0.29) is 0 Å². The van der Waals surface area contributed by atoms with Crippen molar-refractivity contribution >= 4 is 6.16 Å². The topological polar surface area (TPSA) is 55.8 Å². The molecule has 0 saturated heterocycles. The number of rotatable bonds is 6. The molecule has 1 N–H and O–H groups in total. The smallest absolute Gasteiger partial charge is 0.449 e. The lowest BCUT2D eigenvalue weighted by Crippen LogP contribution is -2.09. The zero-order valence-corrected chi connectivity index (χ0v) is 12.0. The van der Waals surface area contributed by atoms with Crippen molar-refractivity contribution in [2.24, 2.45) is 5.92 Å². The van der Waals surface area contributed by atoms with Crippen molar-refractivity contribution in [2.45, 2.75) is 34.1 Å². The molecule has 0 spiro atoms. The number of benzene rings is 1. The van der Waals surface area contributed by atoms with E-state index >= 15 is 0 Å². The maximum atomic E-state index is 10.6. The second-order valence-electron chi connectivity index (χ2n) is 5.07. The van der Waals surface area contributed by atoms with Crippen molar-refractivity contribution in [3.05, 3.63) is 28.8 Å². The highest BCUT2D eigenvalue weighted by molar-refractivity contribution is 5.62. The van der Waals surface area contributed by atoms with Crippen molar-refractivity contribution in [3.8, 4) is 5.75 Å². The molecule has 0 radical (unpaired) electrons. The summed E-state index contributed by atoms with van der Waals surface area (Å²) < 4.78 is 10.3. The summed E-state index contributed by atoms with van der Waals surface area (Å²) in [4.78, 5) is 10.6. The number of hydrogen-bond acceptors (Lipinski definition) is 3. The van der Waals surface area contributed by atoms with Crippen molar-refractivity contribution in [3.63, 3.8) is 0 Å². The Morgan fingerprint density at radius 2 is 2.00 bits per heavy atom. The van der Waals surface area contributed by atoms with Crippen LogP contribution in [0.2, 0.25) is 0 Å². The predicted molar refractivity (Wildman–Crippen MR) is 73.9 cm³/mol. The molecular weight excluding hydrogens is 244 g/mol. The first-order chi connectivity index (χ1) is 8.91. The van der Waals surface area contributed by atoms with Crippen LogP contribution in [-0.4, -0.2) is 24.5 Å². The second kappa shape index (κ2) is 7.14. The number of ether oxygens (including phenoxy) is 2. The summed E-state index contributed by atoms with van der Waals surface area (Å²) in [7, 11) is 0. The largest absolute Gasteiger partial charge is 0.511 e. The zero-order valence-electron chi connectivity index (χ0n) is 12.0. The van der Waals surface area contributed by atoms with E-state index in [0.29, 0.717) is 18.3 Å². The summed E-state index contributed by atoms with van der Waals surface area (Å²) in [5.74, 6) is 0.917. The first-order valence-electron chi connectivity index (χ1n) is 6.49. The van der Waals surface area contributed by atoms with Gasteiger partial charge < -0.3 is 14.6 Å². The Hall–Kier alpha value is -1.55. The van der Waals surface area contributed by atoms with Gasteiger partial charge in [-0.15, -0.1) is 0 Å². The molecule has 0 fully saturated rings. The van der Waals surface area contributed by atoms with Gasteiger partial charge in [-0.2, -0.15) is 0 Å². The van der Waals surface area contributed by atoms with Crippen LogP contribution in [0.25, 0.3) is 0 Å². The van der Waals surface area contributed by atoms with Gasteiger partial charge in [0.2, 0.25) is 0 Å². The van der Waals surface area contributed by atoms with Gasteiger partial charge in [0, 0.05) is 6.61 Å². The summed E-state index contributed by atoms with van der Waals surface area (Å²) in [5, 5.41) is 8.68. The average Bonchev–Trinajstić information content (AvgIpc) is 2.31. The van der Waals surface area contributed by atoms with E-state index < -0.39 is 6.16 Å². The third-order valence-corrected chi connectivity index (χ3v) is 2.93. The Labute approximate surface area is 114 Å². The Kier molecular flexibility index (Phi) is 5.83. The van der Waals surface area contributed by atoms with Crippen LogP contribution < -0.4 is 4.74 Å². The maximum Gasteiger partial charge on any atom is 0.511 e. The van der Waals surface area contributed by atoms with E-state index in [1.165, 1.54) is 0 Å². The molecule has 1 aromatic rings. The third kappa shape index (κ3) is 4.91. The van der Waals surface area contributed by atoms with Crippen LogP contribution in [0.1, 0.15) is 30.5 Å². The number of carbonyl (C=O) groups is 1. The van der Waals surface area contributed by atoms with Crippen LogP contribution in [0.5, 0.6) is 5.75 Å². The minimum atomic E-state index is -1.28. The van der Waals surface area contributed by atoms with Crippen LogP contribution in [0, 0.1) is 19.8 Å². The monoisotopic (exact) mass is 266 g/mol. The quantitative estimate of drug-likeness (QED) is 0.486. The molecule has 1 rings (SSSR count). The molecule has 106 valence electrons. The maximum absolute atomic E-state index is 10.6. The molecular formula is C15H22O4. The molecule has 4 heteroatoms. The average molecular weight is 266 g/mol. The minimum absolute atomic E-state index is 0.400. The number of hydrogen-bond donors (Lipinski definition) is 1. The fourth-order valence-corrected chi connectivity index (χ4v) is 1.95. The zero-order chi connectivity index (χ0) is 14.4. The second-order valence-corrected chi connectivity index (χ2v) is 5.07. The van der Waals surface area contributed by atoms with Crippen LogP contribution in [0.4, 0.5) is 4.79 Å². The molecule has 4 nitrogen and oxygen atoms in total. The highest BCUT2D eigenvalue weighted by Gasteiger charge is 2.11. The molecule has 0 amide bonds. The molecule has 0 bridgehead atoms. The number of aryl methyl sites for hydroxylation is 1. The third-order valence-electron chi connectivity index (χ3n) is 2.93. The summed E-state index contributed by atoms with van der Waals surface area (Å²) in [5.41, 5.74) is 3.10. The molecule has 0 saturated carbocycles. The standard InChI is InChI=1S/C15H22O4/c1-10(2)9-18-8-7-13-11(3)5-6-14(12(13)4)19-15(16)17/h5-6,10H,7-9H2,1-4H3,(H,16,17). The summed E-state index contributed by atoms with van der Waals surface area (Å²) in [6.45, 7) is 9.48. The van der Waals surface area contributed by atoms with Gasteiger partial charge in [-0.1, -0.05) is 19.9 Å². The van der Waals surface area contributed by atoms with Gasteiger partial charge in [0.05, 0.1) is 6.61 Å². The van der Waals surface area contributed by atoms with Crippen molar-refractivity contribution in [1.29, 1.82) is 0 Å². The van der Waals surface area contributed by atoms with Crippen molar-refractivity contribution < 1.29 is 19.4 Å². The van der Waals surface area contributed by atoms with Gasteiger partial charge >= 0.3 is 6.16 Å². The van der Waals surface area contributed by atoms with Crippen LogP contribution >= 0.6 is 0 Å². The van der Waals surface area contributed by atoms with Crippen molar-refractivity contribution in [2.75, 3.05) is 13.2 Å². The predicted octanol–water partition coefficient (Wildman–Crippen LogP) is 3.58. The summed E-state index contributed by atoms with van der Waals surface area (Å²) in [6.07, 6.45) is -0.518. The van der Waals surface area contributed by atoms with Gasteiger partial charge in [0.25, 0.3) is 0 Å². The lowest BCUT2D eigenvalue weighted by Gasteiger charge is -2.14. The molecule has 19 heavy (non-hydrogen) atoms.